The van der Waals surface area contributed by atoms with Gasteiger partial charge in [-0.2, -0.15) is 0 Å². The van der Waals surface area contributed by atoms with Crippen molar-refractivity contribution < 1.29 is 9.53 Å². The first-order valence-corrected chi connectivity index (χ1v) is 11.9. The van der Waals surface area contributed by atoms with Crippen molar-refractivity contribution in [2.75, 3.05) is 52.5 Å². The SMILES string of the molecule is O=C(CCCn1nnnc1CN1CCOCC1)N1CCCN(C2CCCCC2)CC1. The number of nitrogens with zero attached hydrogens (tertiary/aromatic N) is 7. The normalized spacial score (nSPS) is 22.9. The minimum absolute atomic E-state index is 0.281. The van der Waals surface area contributed by atoms with Gasteiger partial charge in [-0.25, -0.2) is 4.68 Å². The van der Waals surface area contributed by atoms with Crippen molar-refractivity contribution >= 4 is 5.91 Å². The third-order valence-electron chi connectivity index (χ3n) is 6.81. The largest absolute Gasteiger partial charge is 0.379 e. The van der Waals surface area contributed by atoms with Crippen LogP contribution in [0.2, 0.25) is 0 Å². The summed E-state index contributed by atoms with van der Waals surface area (Å²) in [6.07, 6.45) is 9.26. The molecule has 0 aromatic carbocycles. The molecule has 9 nitrogen and oxygen atoms in total. The van der Waals surface area contributed by atoms with Gasteiger partial charge in [0.25, 0.3) is 0 Å². The zero-order chi connectivity index (χ0) is 20.6. The lowest BCUT2D eigenvalue weighted by molar-refractivity contribution is -0.131. The number of carbonyl (C=O) groups excluding carboxylic acids is 1. The van der Waals surface area contributed by atoms with E-state index in [1.54, 1.807) is 0 Å². The van der Waals surface area contributed by atoms with Crippen LogP contribution in [-0.4, -0.2) is 99.3 Å². The van der Waals surface area contributed by atoms with E-state index < -0.39 is 0 Å². The Labute approximate surface area is 179 Å². The van der Waals surface area contributed by atoms with Crippen molar-refractivity contribution in [2.24, 2.45) is 0 Å². The van der Waals surface area contributed by atoms with E-state index in [-0.39, 0.29) is 5.91 Å². The molecule has 0 bridgehead atoms. The number of hydrogen-bond donors (Lipinski definition) is 0. The van der Waals surface area contributed by atoms with E-state index in [0.717, 1.165) is 83.7 Å². The first-order chi connectivity index (χ1) is 14.8. The van der Waals surface area contributed by atoms with Gasteiger partial charge >= 0.3 is 0 Å². The highest BCUT2D eigenvalue weighted by atomic mass is 16.5. The van der Waals surface area contributed by atoms with Crippen LogP contribution in [0.3, 0.4) is 0 Å². The van der Waals surface area contributed by atoms with Crippen LogP contribution in [0.1, 0.15) is 57.2 Å². The topological polar surface area (TPSA) is 79.6 Å². The molecular formula is C21H37N7O2. The molecule has 0 N–H and O–H groups in total. The summed E-state index contributed by atoms with van der Waals surface area (Å²) in [5.41, 5.74) is 0. The van der Waals surface area contributed by atoms with Crippen molar-refractivity contribution in [3.63, 3.8) is 0 Å². The Balaban J connectivity index is 1.19. The highest BCUT2D eigenvalue weighted by Crippen LogP contribution is 2.23. The van der Waals surface area contributed by atoms with Crippen molar-refractivity contribution in [3.8, 4) is 0 Å². The Morgan fingerprint density at radius 2 is 1.80 bits per heavy atom. The van der Waals surface area contributed by atoms with Crippen LogP contribution in [0, 0.1) is 0 Å². The molecule has 0 spiro atoms. The van der Waals surface area contributed by atoms with E-state index in [9.17, 15) is 4.79 Å². The molecule has 0 atom stereocenters. The number of ether oxygens (including phenoxy) is 1. The second-order valence-corrected chi connectivity index (χ2v) is 8.87. The standard InChI is InChI=1S/C21H37N7O2/c29-21(27-10-5-9-26(12-13-27)19-6-2-1-3-7-19)8-4-11-28-20(22-23-24-28)18-25-14-16-30-17-15-25/h19H,1-18H2. The summed E-state index contributed by atoms with van der Waals surface area (Å²) in [6, 6.07) is 0.749. The maximum Gasteiger partial charge on any atom is 0.222 e. The number of rotatable bonds is 7. The quantitative estimate of drug-likeness (QED) is 0.656. The molecule has 1 aliphatic carbocycles. The number of amides is 1. The van der Waals surface area contributed by atoms with E-state index in [2.05, 4.69) is 30.2 Å². The lowest BCUT2D eigenvalue weighted by Crippen LogP contribution is -2.40. The number of aryl methyl sites for hydroxylation is 1. The average Bonchev–Trinajstić information content (AvgIpc) is 3.07. The van der Waals surface area contributed by atoms with Gasteiger partial charge in [0.05, 0.1) is 19.8 Å². The van der Waals surface area contributed by atoms with Crippen molar-refractivity contribution in [1.29, 1.82) is 0 Å². The second kappa shape index (κ2) is 11.2. The number of tetrazole rings is 1. The predicted molar refractivity (Wildman–Crippen MR) is 113 cm³/mol. The molecular weight excluding hydrogens is 382 g/mol. The molecule has 1 saturated carbocycles. The van der Waals surface area contributed by atoms with Gasteiger partial charge in [-0.1, -0.05) is 19.3 Å². The molecule has 4 rings (SSSR count). The molecule has 1 aromatic heterocycles. The molecule has 9 heteroatoms. The van der Waals surface area contributed by atoms with Gasteiger partial charge in [-0.15, -0.1) is 5.10 Å². The fraction of sp³-hybridized carbons (Fsp3) is 0.905. The summed E-state index contributed by atoms with van der Waals surface area (Å²) in [6.45, 7) is 8.76. The number of hydrogen-bond acceptors (Lipinski definition) is 7. The smallest absolute Gasteiger partial charge is 0.222 e. The summed E-state index contributed by atoms with van der Waals surface area (Å²) in [5, 5.41) is 12.2. The summed E-state index contributed by atoms with van der Waals surface area (Å²) >= 11 is 0. The first-order valence-electron chi connectivity index (χ1n) is 11.9. The summed E-state index contributed by atoms with van der Waals surface area (Å²) in [4.78, 5) is 19.8. The maximum atomic E-state index is 12.8. The summed E-state index contributed by atoms with van der Waals surface area (Å²) in [5.74, 6) is 1.16. The fourth-order valence-corrected chi connectivity index (χ4v) is 5.01. The summed E-state index contributed by atoms with van der Waals surface area (Å²) < 4.78 is 7.26. The van der Waals surface area contributed by atoms with Crippen molar-refractivity contribution in [3.05, 3.63) is 5.82 Å². The van der Waals surface area contributed by atoms with Gasteiger partial charge in [0.1, 0.15) is 0 Å². The highest BCUT2D eigenvalue weighted by Gasteiger charge is 2.25. The van der Waals surface area contributed by atoms with Crippen LogP contribution in [0.15, 0.2) is 0 Å². The third-order valence-corrected chi connectivity index (χ3v) is 6.81. The van der Waals surface area contributed by atoms with E-state index in [1.165, 1.54) is 32.1 Å². The van der Waals surface area contributed by atoms with E-state index in [0.29, 0.717) is 13.0 Å². The molecule has 1 aromatic rings. The molecule has 1 amide bonds. The van der Waals surface area contributed by atoms with Crippen LogP contribution >= 0.6 is 0 Å². The molecule has 3 heterocycles. The number of aromatic nitrogens is 4. The van der Waals surface area contributed by atoms with Gasteiger partial charge in [0.2, 0.25) is 5.91 Å². The number of carbonyl (C=O) groups is 1. The lowest BCUT2D eigenvalue weighted by Gasteiger charge is -2.33. The molecule has 0 unspecified atom stereocenters. The highest BCUT2D eigenvalue weighted by molar-refractivity contribution is 5.76. The molecule has 168 valence electrons. The van der Waals surface area contributed by atoms with Crippen LogP contribution in [0.25, 0.3) is 0 Å². The third kappa shape index (κ3) is 5.98. The lowest BCUT2D eigenvalue weighted by atomic mass is 9.94. The molecule has 3 fully saturated rings. The minimum atomic E-state index is 0.281. The second-order valence-electron chi connectivity index (χ2n) is 8.87. The molecule has 2 saturated heterocycles. The Morgan fingerprint density at radius 1 is 0.967 bits per heavy atom. The Bertz CT molecular complexity index is 656. The van der Waals surface area contributed by atoms with Gasteiger partial charge in [0, 0.05) is 58.3 Å². The van der Waals surface area contributed by atoms with E-state index >= 15 is 0 Å². The summed E-state index contributed by atoms with van der Waals surface area (Å²) in [7, 11) is 0. The first kappa shape index (κ1) is 21.6. The van der Waals surface area contributed by atoms with Crippen LogP contribution in [-0.2, 0) is 22.6 Å². The van der Waals surface area contributed by atoms with Gasteiger partial charge in [-0.05, 0) is 36.1 Å². The molecule has 30 heavy (non-hydrogen) atoms. The Kier molecular flexibility index (Phi) is 8.05. The number of morpholine rings is 1. The van der Waals surface area contributed by atoms with Crippen molar-refractivity contribution in [1.82, 2.24) is 34.9 Å². The van der Waals surface area contributed by atoms with Gasteiger partial charge in [-0.3, -0.25) is 14.6 Å². The van der Waals surface area contributed by atoms with Crippen LogP contribution in [0.4, 0.5) is 0 Å². The maximum absolute atomic E-state index is 12.8. The van der Waals surface area contributed by atoms with E-state index in [1.807, 2.05) is 4.68 Å². The molecule has 0 radical (unpaired) electrons. The molecule has 2 aliphatic heterocycles. The predicted octanol–water partition coefficient (Wildman–Crippen LogP) is 1.15. The van der Waals surface area contributed by atoms with Gasteiger partial charge < -0.3 is 9.64 Å². The Morgan fingerprint density at radius 3 is 2.63 bits per heavy atom. The van der Waals surface area contributed by atoms with Crippen molar-refractivity contribution in [2.45, 2.75) is 70.5 Å². The Hall–Kier alpha value is -1.58. The zero-order valence-corrected chi connectivity index (χ0v) is 18.3. The monoisotopic (exact) mass is 419 g/mol. The van der Waals surface area contributed by atoms with Gasteiger partial charge in [0.15, 0.2) is 5.82 Å². The van der Waals surface area contributed by atoms with Crippen LogP contribution in [0.5, 0.6) is 0 Å². The average molecular weight is 420 g/mol. The minimum Gasteiger partial charge on any atom is -0.379 e. The molecule has 3 aliphatic rings. The zero-order valence-electron chi connectivity index (χ0n) is 18.3. The fourth-order valence-electron chi connectivity index (χ4n) is 5.01. The van der Waals surface area contributed by atoms with E-state index in [4.69, 9.17) is 4.74 Å². The van der Waals surface area contributed by atoms with Crippen LogP contribution < -0.4 is 0 Å².